The molecule has 0 radical (unpaired) electrons. The van der Waals surface area contributed by atoms with Crippen LogP contribution in [0, 0.1) is 0 Å². The molecule has 0 aliphatic carbocycles. The standard InChI is InChI=1S/BrH.K.H2O3S2.H/c;;1-5(2,3)4;/h1H;;(H2,1,2,3,4);/q;+1;;-1. The fourth-order valence-electron chi connectivity index (χ4n) is 0. The average Bonchev–Trinajstić information content (AvgIpc) is 0.722. The molecule has 0 aromatic carbocycles. The van der Waals surface area contributed by atoms with Gasteiger partial charge in [0, 0.05) is 11.2 Å². The summed E-state index contributed by atoms with van der Waals surface area (Å²) in [6, 6.07) is 0. The zero-order chi connectivity index (χ0) is 4.50. The summed E-state index contributed by atoms with van der Waals surface area (Å²) in [4.78, 5) is 0. The normalized spacial score (nSPS) is 8.29. The maximum atomic E-state index is 9.11. The Hall–Kier alpha value is 2.41. The molecule has 0 aromatic heterocycles. The minimum atomic E-state index is -3.83. The molecule has 3 nitrogen and oxygen atoms in total. The van der Waals surface area contributed by atoms with Crippen LogP contribution >= 0.6 is 17.0 Å². The summed E-state index contributed by atoms with van der Waals surface area (Å²) in [5, 5.41) is 0. The molecule has 0 aromatic rings. The van der Waals surface area contributed by atoms with Crippen molar-refractivity contribution in [3.63, 3.8) is 0 Å². The maximum Gasteiger partial charge on any atom is 1.00 e. The molecule has 7 heteroatoms. The van der Waals surface area contributed by atoms with Gasteiger partial charge in [0.2, 0.25) is 0 Å². The summed E-state index contributed by atoms with van der Waals surface area (Å²) in [6.45, 7) is 0. The molecule has 0 aliphatic heterocycles. The molecule has 2 N–H and O–H groups in total. The molecular formula is H4BrKO3S2. The molecule has 0 unspecified atom stereocenters. The van der Waals surface area contributed by atoms with E-state index in [2.05, 4.69) is 11.2 Å². The second-order valence-electron chi connectivity index (χ2n) is 0.448. The molecule has 0 amide bonds. The van der Waals surface area contributed by atoms with Crippen LogP contribution in [0.3, 0.4) is 0 Å². The molecule has 0 atom stereocenters. The zero-order valence-electron chi connectivity index (χ0n) is 4.53. The topological polar surface area (TPSA) is 57.5 Å². The maximum absolute atomic E-state index is 9.11. The fraction of sp³-hybridized carbons (Fsp3) is 0. The van der Waals surface area contributed by atoms with Crippen molar-refractivity contribution in [1.29, 1.82) is 0 Å². The third-order valence-electron chi connectivity index (χ3n) is 0. The third-order valence-corrected chi connectivity index (χ3v) is 0. The monoisotopic (exact) mass is 234 g/mol. The number of halogens is 1. The van der Waals surface area contributed by atoms with Gasteiger partial charge in [0.05, 0.1) is 0 Å². The third kappa shape index (κ3) is 59.6. The SMILES string of the molecule is Br.O=S(O)(O)=S.[H-].[K+]. The summed E-state index contributed by atoms with van der Waals surface area (Å²) in [7, 11) is -3.83. The van der Waals surface area contributed by atoms with Crippen molar-refractivity contribution in [2.75, 3.05) is 0 Å². The van der Waals surface area contributed by atoms with Gasteiger partial charge in [-0.25, -0.2) is 0 Å². The predicted octanol–water partition coefficient (Wildman–Crippen LogP) is -2.63. The van der Waals surface area contributed by atoms with E-state index in [1.165, 1.54) is 0 Å². The molecule has 7 heavy (non-hydrogen) atoms. The molecule has 0 saturated carbocycles. The van der Waals surface area contributed by atoms with Crippen molar-refractivity contribution in [2.45, 2.75) is 0 Å². The number of hydrogen-bond acceptors (Lipinski definition) is 2. The Kier molecular flexibility index (Phi) is 15.1. The first-order chi connectivity index (χ1) is 2.00. The van der Waals surface area contributed by atoms with Crippen LogP contribution < -0.4 is 51.4 Å². The van der Waals surface area contributed by atoms with Crippen LogP contribution in [-0.4, -0.2) is 13.3 Å². The molecule has 0 rings (SSSR count). The summed E-state index contributed by atoms with van der Waals surface area (Å²) < 4.78 is 24.0. The quantitative estimate of drug-likeness (QED) is 0.451. The second-order valence-corrected chi connectivity index (χ2v) is 2.65. The first kappa shape index (κ1) is 16.2. The van der Waals surface area contributed by atoms with E-state index in [9.17, 15) is 0 Å². The molecular weight excluding hydrogens is 231 g/mol. The first-order valence-electron chi connectivity index (χ1n) is 0.698. The zero-order valence-corrected chi connectivity index (χ0v) is 10.00. The van der Waals surface area contributed by atoms with Crippen LogP contribution in [0.25, 0.3) is 0 Å². The van der Waals surface area contributed by atoms with Gasteiger partial charge in [-0.05, 0) is 0 Å². The second kappa shape index (κ2) is 6.53. The van der Waals surface area contributed by atoms with E-state index < -0.39 is 9.05 Å². The van der Waals surface area contributed by atoms with Gasteiger partial charge in [0.25, 0.3) is 9.05 Å². The van der Waals surface area contributed by atoms with E-state index >= 15 is 0 Å². The Morgan fingerprint density at radius 1 is 1.57 bits per heavy atom. The van der Waals surface area contributed by atoms with Crippen molar-refractivity contribution in [1.82, 2.24) is 0 Å². The Balaban J connectivity index is -0.0000000267. The van der Waals surface area contributed by atoms with Crippen LogP contribution in [0.2, 0.25) is 0 Å². The van der Waals surface area contributed by atoms with Crippen molar-refractivity contribution in [3.8, 4) is 0 Å². The van der Waals surface area contributed by atoms with Crippen LogP contribution in [0.1, 0.15) is 1.43 Å². The van der Waals surface area contributed by atoms with Gasteiger partial charge in [-0.1, -0.05) is 0 Å². The van der Waals surface area contributed by atoms with Crippen LogP contribution in [0.5, 0.6) is 0 Å². The van der Waals surface area contributed by atoms with Crippen molar-refractivity contribution in [2.24, 2.45) is 0 Å². The number of hydrogen-bond donors (Lipinski definition) is 2. The largest absolute Gasteiger partial charge is 1.00 e. The van der Waals surface area contributed by atoms with Crippen LogP contribution in [0.4, 0.5) is 0 Å². The van der Waals surface area contributed by atoms with E-state index in [-0.39, 0.29) is 69.8 Å². The molecule has 0 fully saturated rings. The van der Waals surface area contributed by atoms with E-state index in [0.29, 0.717) is 0 Å². The Morgan fingerprint density at radius 2 is 1.57 bits per heavy atom. The van der Waals surface area contributed by atoms with Crippen molar-refractivity contribution >= 4 is 37.2 Å². The van der Waals surface area contributed by atoms with Crippen LogP contribution in [0.15, 0.2) is 0 Å². The Labute approximate surface area is 101 Å². The first-order valence-corrected chi connectivity index (χ1v) is 3.10. The molecule has 0 saturated heterocycles. The van der Waals surface area contributed by atoms with Gasteiger partial charge in [0.1, 0.15) is 0 Å². The average molecular weight is 235 g/mol. The summed E-state index contributed by atoms with van der Waals surface area (Å²) in [6.07, 6.45) is 0. The minimum absolute atomic E-state index is 0. The van der Waals surface area contributed by atoms with Crippen molar-refractivity contribution < 1.29 is 66.1 Å². The van der Waals surface area contributed by atoms with E-state index in [4.69, 9.17) is 13.3 Å². The molecule has 42 valence electrons. The van der Waals surface area contributed by atoms with Gasteiger partial charge in [-0.15, -0.1) is 17.0 Å². The summed E-state index contributed by atoms with van der Waals surface area (Å²) in [5.74, 6) is 0. The predicted molar refractivity (Wildman–Crippen MR) is 32.2 cm³/mol. The minimum Gasteiger partial charge on any atom is -1.00 e. The molecule has 0 heterocycles. The van der Waals surface area contributed by atoms with E-state index in [0.717, 1.165) is 0 Å². The number of rotatable bonds is 0. The fourth-order valence-corrected chi connectivity index (χ4v) is 0. The van der Waals surface area contributed by atoms with Gasteiger partial charge in [-0.2, -0.15) is 4.21 Å². The van der Waals surface area contributed by atoms with Gasteiger partial charge < -0.3 is 1.43 Å². The molecule has 0 aliphatic rings. The molecule has 0 bridgehead atoms. The van der Waals surface area contributed by atoms with E-state index in [1.54, 1.807) is 0 Å². The Bertz CT molecular complexity index is 100. The molecule has 0 spiro atoms. The van der Waals surface area contributed by atoms with E-state index in [1.807, 2.05) is 0 Å². The van der Waals surface area contributed by atoms with Crippen LogP contribution in [-0.2, 0) is 20.2 Å². The Morgan fingerprint density at radius 3 is 1.57 bits per heavy atom. The van der Waals surface area contributed by atoms with Gasteiger partial charge in [-0.3, -0.25) is 9.11 Å². The van der Waals surface area contributed by atoms with Gasteiger partial charge in [0.15, 0.2) is 0 Å². The summed E-state index contributed by atoms with van der Waals surface area (Å²) in [5.41, 5.74) is 0. The summed E-state index contributed by atoms with van der Waals surface area (Å²) >= 11 is 3.47. The van der Waals surface area contributed by atoms with Crippen molar-refractivity contribution in [3.05, 3.63) is 0 Å². The smallest absolute Gasteiger partial charge is 1.00 e. The van der Waals surface area contributed by atoms with Gasteiger partial charge >= 0.3 is 51.4 Å².